The molecule has 2 rings (SSSR count). The van der Waals surface area contributed by atoms with Crippen LogP contribution in [0.4, 0.5) is 5.69 Å². The molecule has 0 saturated heterocycles. The topological polar surface area (TPSA) is 69.2 Å². The number of hydrogen-bond acceptors (Lipinski definition) is 5. The van der Waals surface area contributed by atoms with Gasteiger partial charge in [-0.2, -0.15) is 0 Å². The van der Waals surface area contributed by atoms with Crippen LogP contribution in [0, 0.1) is 24.0 Å². The monoisotopic (exact) mass is 264 g/mol. The Balaban J connectivity index is 2.04. The first-order valence-electron chi connectivity index (χ1n) is 5.37. The van der Waals surface area contributed by atoms with Gasteiger partial charge in [-0.1, -0.05) is 5.16 Å². The first-order chi connectivity index (χ1) is 8.58. The maximum absolute atomic E-state index is 10.5. The van der Waals surface area contributed by atoms with Gasteiger partial charge < -0.3 is 4.52 Å². The highest BCUT2D eigenvalue weighted by Crippen LogP contribution is 2.27. The minimum atomic E-state index is -0.400. The molecule has 0 atom stereocenters. The van der Waals surface area contributed by atoms with E-state index in [0.717, 1.165) is 27.7 Å². The molecule has 94 valence electrons. The Hall–Kier alpha value is -1.82. The van der Waals surface area contributed by atoms with Crippen molar-refractivity contribution in [1.82, 2.24) is 5.16 Å². The highest BCUT2D eigenvalue weighted by Gasteiger charge is 2.10. The van der Waals surface area contributed by atoms with Gasteiger partial charge in [-0.3, -0.25) is 10.1 Å². The van der Waals surface area contributed by atoms with Gasteiger partial charge >= 0.3 is 0 Å². The van der Waals surface area contributed by atoms with Crippen molar-refractivity contribution in [2.24, 2.45) is 0 Å². The molecule has 0 radical (unpaired) electrons. The molecule has 0 N–H and O–H groups in total. The van der Waals surface area contributed by atoms with Crippen molar-refractivity contribution < 1.29 is 9.45 Å². The van der Waals surface area contributed by atoms with E-state index in [1.165, 1.54) is 12.1 Å². The van der Waals surface area contributed by atoms with E-state index in [-0.39, 0.29) is 5.69 Å². The summed E-state index contributed by atoms with van der Waals surface area (Å²) in [4.78, 5) is 11.1. The molecule has 18 heavy (non-hydrogen) atoms. The highest BCUT2D eigenvalue weighted by atomic mass is 32.2. The van der Waals surface area contributed by atoms with E-state index in [0.29, 0.717) is 0 Å². The second-order valence-electron chi connectivity index (χ2n) is 3.84. The largest absolute Gasteiger partial charge is 0.361 e. The van der Waals surface area contributed by atoms with Gasteiger partial charge in [0.15, 0.2) is 0 Å². The average molecular weight is 264 g/mol. The van der Waals surface area contributed by atoms with Gasteiger partial charge in [-0.05, 0) is 26.0 Å². The molecule has 0 spiro atoms. The SMILES string of the molecule is Cc1noc(C)c1CSc1ccc([N+](=O)[O-])cc1. The van der Waals surface area contributed by atoms with Gasteiger partial charge in [0.05, 0.1) is 10.6 Å². The second kappa shape index (κ2) is 5.22. The summed E-state index contributed by atoms with van der Waals surface area (Å²) in [5.41, 5.74) is 2.08. The summed E-state index contributed by atoms with van der Waals surface area (Å²) in [6.45, 7) is 3.79. The zero-order chi connectivity index (χ0) is 13.1. The van der Waals surface area contributed by atoms with Crippen LogP contribution in [0.25, 0.3) is 0 Å². The zero-order valence-corrected chi connectivity index (χ0v) is 10.9. The van der Waals surface area contributed by atoms with E-state index >= 15 is 0 Å². The molecule has 1 heterocycles. The second-order valence-corrected chi connectivity index (χ2v) is 4.89. The summed E-state index contributed by atoms with van der Waals surface area (Å²) in [6.07, 6.45) is 0. The number of nitro benzene ring substituents is 1. The lowest BCUT2D eigenvalue weighted by atomic mass is 10.2. The third-order valence-electron chi connectivity index (χ3n) is 2.61. The maximum atomic E-state index is 10.5. The van der Waals surface area contributed by atoms with E-state index in [4.69, 9.17) is 4.52 Å². The Morgan fingerprint density at radius 3 is 2.50 bits per heavy atom. The van der Waals surface area contributed by atoms with E-state index in [9.17, 15) is 10.1 Å². The molecule has 1 aromatic carbocycles. The van der Waals surface area contributed by atoms with Crippen LogP contribution < -0.4 is 0 Å². The Kier molecular flexibility index (Phi) is 3.66. The molecule has 0 aliphatic carbocycles. The van der Waals surface area contributed by atoms with Gasteiger partial charge in [-0.25, -0.2) is 0 Å². The molecule has 0 fully saturated rings. The fourth-order valence-electron chi connectivity index (χ4n) is 1.53. The fourth-order valence-corrected chi connectivity index (χ4v) is 2.58. The predicted octanol–water partition coefficient (Wildman–Crippen LogP) is 3.49. The molecular weight excluding hydrogens is 252 g/mol. The van der Waals surface area contributed by atoms with E-state index in [1.54, 1.807) is 23.9 Å². The van der Waals surface area contributed by atoms with E-state index < -0.39 is 4.92 Å². The Labute approximate surface area is 108 Å². The average Bonchev–Trinajstić information content (AvgIpc) is 2.67. The Morgan fingerprint density at radius 2 is 2.00 bits per heavy atom. The summed E-state index contributed by atoms with van der Waals surface area (Å²) in [6, 6.07) is 6.52. The van der Waals surface area contributed by atoms with E-state index in [1.807, 2.05) is 13.8 Å². The van der Waals surface area contributed by atoms with Crippen LogP contribution in [0.3, 0.4) is 0 Å². The minimum absolute atomic E-state index is 0.108. The molecule has 0 aliphatic heterocycles. The minimum Gasteiger partial charge on any atom is -0.361 e. The molecule has 6 heteroatoms. The van der Waals surface area contributed by atoms with E-state index in [2.05, 4.69) is 5.16 Å². The number of aryl methyl sites for hydroxylation is 2. The standard InChI is InChI=1S/C12H12N2O3S/c1-8-12(9(2)17-13-8)7-18-11-5-3-10(4-6-11)14(15)16/h3-6H,7H2,1-2H3. The number of hydrogen-bond donors (Lipinski definition) is 0. The first kappa shape index (κ1) is 12.6. The van der Waals surface area contributed by atoms with Gasteiger partial charge in [0.25, 0.3) is 5.69 Å². The lowest BCUT2D eigenvalue weighted by Crippen LogP contribution is -1.87. The molecule has 2 aromatic rings. The van der Waals surface area contributed by atoms with Crippen molar-refractivity contribution in [3.63, 3.8) is 0 Å². The number of rotatable bonds is 4. The van der Waals surface area contributed by atoms with Gasteiger partial charge in [0, 0.05) is 28.3 Å². The first-order valence-corrected chi connectivity index (χ1v) is 6.35. The fraction of sp³-hybridized carbons (Fsp3) is 0.250. The molecule has 0 unspecified atom stereocenters. The molecule has 1 aromatic heterocycles. The summed E-state index contributed by atoms with van der Waals surface area (Å²) < 4.78 is 5.08. The number of thioether (sulfide) groups is 1. The molecule has 5 nitrogen and oxygen atoms in total. The van der Waals surface area contributed by atoms with Gasteiger partial charge in [0.2, 0.25) is 0 Å². The van der Waals surface area contributed by atoms with Crippen LogP contribution in [-0.2, 0) is 5.75 Å². The normalized spacial score (nSPS) is 10.6. The van der Waals surface area contributed by atoms with Crippen LogP contribution >= 0.6 is 11.8 Å². The quantitative estimate of drug-likeness (QED) is 0.480. The zero-order valence-electron chi connectivity index (χ0n) is 10.0. The van der Waals surface area contributed by atoms with Crippen molar-refractivity contribution in [3.05, 3.63) is 51.4 Å². The summed E-state index contributed by atoms with van der Waals surface area (Å²) in [5, 5.41) is 14.4. The number of nitrogens with zero attached hydrogens (tertiary/aromatic N) is 2. The third-order valence-corrected chi connectivity index (χ3v) is 3.65. The predicted molar refractivity (Wildman–Crippen MR) is 68.6 cm³/mol. The number of non-ortho nitro benzene ring substituents is 1. The van der Waals surface area contributed by atoms with Crippen LogP contribution in [0.1, 0.15) is 17.0 Å². The molecule has 0 amide bonds. The molecule has 0 bridgehead atoms. The summed E-state index contributed by atoms with van der Waals surface area (Å²) in [5.74, 6) is 1.57. The lowest BCUT2D eigenvalue weighted by Gasteiger charge is -2.01. The molecule has 0 saturated carbocycles. The van der Waals surface area contributed by atoms with Crippen molar-refractivity contribution >= 4 is 17.4 Å². The summed E-state index contributed by atoms with van der Waals surface area (Å²) in [7, 11) is 0. The Morgan fingerprint density at radius 1 is 1.33 bits per heavy atom. The number of benzene rings is 1. The van der Waals surface area contributed by atoms with Gasteiger partial charge in [-0.15, -0.1) is 11.8 Å². The van der Waals surface area contributed by atoms with Crippen molar-refractivity contribution in [2.45, 2.75) is 24.5 Å². The number of nitro groups is 1. The third kappa shape index (κ3) is 2.70. The Bertz CT molecular complexity index is 544. The molecular formula is C12H12N2O3S. The van der Waals surface area contributed by atoms with Crippen molar-refractivity contribution in [3.8, 4) is 0 Å². The van der Waals surface area contributed by atoms with Crippen molar-refractivity contribution in [2.75, 3.05) is 0 Å². The summed E-state index contributed by atoms with van der Waals surface area (Å²) >= 11 is 1.60. The smallest absolute Gasteiger partial charge is 0.269 e. The van der Waals surface area contributed by atoms with Gasteiger partial charge in [0.1, 0.15) is 5.76 Å². The van der Waals surface area contributed by atoms with Crippen LogP contribution in [-0.4, -0.2) is 10.1 Å². The maximum Gasteiger partial charge on any atom is 0.269 e. The van der Waals surface area contributed by atoms with Crippen molar-refractivity contribution in [1.29, 1.82) is 0 Å². The number of aromatic nitrogens is 1. The van der Waals surface area contributed by atoms with Crippen LogP contribution in [0.15, 0.2) is 33.7 Å². The lowest BCUT2D eigenvalue weighted by molar-refractivity contribution is -0.384. The van der Waals surface area contributed by atoms with Crippen LogP contribution in [0.5, 0.6) is 0 Å². The molecule has 0 aliphatic rings. The van der Waals surface area contributed by atoms with Crippen LogP contribution in [0.2, 0.25) is 0 Å². The highest BCUT2D eigenvalue weighted by molar-refractivity contribution is 7.98.